The summed E-state index contributed by atoms with van der Waals surface area (Å²) in [6.07, 6.45) is -1.84. The number of pyridine rings is 1. The van der Waals surface area contributed by atoms with E-state index in [0.717, 1.165) is 6.20 Å². The molecule has 6 heteroatoms. The average molecular weight is 258 g/mol. The van der Waals surface area contributed by atoms with Gasteiger partial charge in [-0.1, -0.05) is 23.7 Å². The molecule has 17 heavy (non-hydrogen) atoms. The zero-order chi connectivity index (χ0) is 12.6. The van der Waals surface area contributed by atoms with Crippen LogP contribution in [0.15, 0.2) is 24.4 Å². The molecule has 0 saturated carbocycles. The fourth-order valence-electron chi connectivity index (χ4n) is 1.53. The topological polar surface area (TPSA) is 50.2 Å². The van der Waals surface area contributed by atoms with Gasteiger partial charge < -0.3 is 5.11 Å². The monoisotopic (exact) mass is 257 g/mol. The van der Waals surface area contributed by atoms with E-state index in [-0.39, 0.29) is 21.5 Å². The molecule has 0 aliphatic rings. The quantitative estimate of drug-likeness (QED) is 0.895. The minimum absolute atomic E-state index is 0.0646. The lowest BCUT2D eigenvalue weighted by Gasteiger charge is -2.07. The van der Waals surface area contributed by atoms with Crippen molar-refractivity contribution < 1.29 is 18.7 Å². The second-order valence-electron chi connectivity index (χ2n) is 3.34. The average Bonchev–Trinajstić information content (AvgIpc) is 2.28. The number of carbonyl (C=O) groups is 1. The number of para-hydroxylation sites is 1. The molecule has 2 aromatic rings. The lowest BCUT2D eigenvalue weighted by Crippen LogP contribution is -2.00. The molecule has 1 aromatic heterocycles. The summed E-state index contributed by atoms with van der Waals surface area (Å²) in [5.74, 6) is -1.18. The first kappa shape index (κ1) is 11.7. The number of nitrogens with zero attached hydrogens (tertiary/aromatic N) is 1. The van der Waals surface area contributed by atoms with E-state index >= 15 is 0 Å². The predicted molar refractivity (Wildman–Crippen MR) is 58.7 cm³/mol. The second kappa shape index (κ2) is 4.25. The van der Waals surface area contributed by atoms with Crippen molar-refractivity contribution in [2.24, 2.45) is 0 Å². The van der Waals surface area contributed by atoms with Gasteiger partial charge in [-0.15, -0.1) is 0 Å². The molecule has 0 spiro atoms. The third-order valence-corrected chi connectivity index (χ3v) is 2.75. The Morgan fingerprint density at radius 1 is 1.41 bits per heavy atom. The summed E-state index contributed by atoms with van der Waals surface area (Å²) >= 11 is 5.80. The van der Waals surface area contributed by atoms with Crippen LogP contribution in [0.3, 0.4) is 0 Å². The lowest BCUT2D eigenvalue weighted by atomic mass is 10.1. The fourth-order valence-corrected chi connectivity index (χ4v) is 1.81. The van der Waals surface area contributed by atoms with Crippen LogP contribution in [0.5, 0.6) is 0 Å². The highest BCUT2D eigenvalue weighted by Gasteiger charge is 2.18. The number of fused-ring (bicyclic) bond motifs is 1. The van der Waals surface area contributed by atoms with Crippen LogP contribution in [-0.2, 0) is 0 Å². The van der Waals surface area contributed by atoms with Crippen LogP contribution in [0.4, 0.5) is 8.78 Å². The minimum Gasteiger partial charge on any atom is -0.478 e. The number of hydrogen-bond donors (Lipinski definition) is 1. The van der Waals surface area contributed by atoms with Crippen LogP contribution in [0.25, 0.3) is 10.9 Å². The maximum atomic E-state index is 12.6. The van der Waals surface area contributed by atoms with E-state index in [1.54, 1.807) is 0 Å². The van der Waals surface area contributed by atoms with Crippen molar-refractivity contribution >= 4 is 28.5 Å². The first-order valence-corrected chi connectivity index (χ1v) is 4.98. The molecule has 0 atom stereocenters. The molecule has 3 nitrogen and oxygen atoms in total. The van der Waals surface area contributed by atoms with Gasteiger partial charge in [-0.05, 0) is 6.07 Å². The molecule has 1 heterocycles. The predicted octanol–water partition coefficient (Wildman–Crippen LogP) is 3.52. The molecule has 0 aliphatic carbocycles. The van der Waals surface area contributed by atoms with Gasteiger partial charge in [0.15, 0.2) is 0 Å². The summed E-state index contributed by atoms with van der Waals surface area (Å²) in [4.78, 5) is 14.7. The Bertz CT molecular complexity index is 601. The third kappa shape index (κ3) is 1.93. The molecule has 0 saturated heterocycles. The summed E-state index contributed by atoms with van der Waals surface area (Å²) in [5.41, 5.74) is -0.360. The Labute approximate surface area is 99.7 Å². The van der Waals surface area contributed by atoms with E-state index in [1.165, 1.54) is 18.2 Å². The van der Waals surface area contributed by atoms with Gasteiger partial charge in [0.25, 0.3) is 6.43 Å². The van der Waals surface area contributed by atoms with Gasteiger partial charge in [0.05, 0.1) is 21.7 Å². The lowest BCUT2D eigenvalue weighted by molar-refractivity contribution is 0.0699. The SMILES string of the molecule is O=C(O)c1cccc2c(Cl)c(C(F)F)cnc12. The van der Waals surface area contributed by atoms with Gasteiger partial charge in [0.1, 0.15) is 0 Å². The van der Waals surface area contributed by atoms with E-state index in [4.69, 9.17) is 16.7 Å². The summed E-state index contributed by atoms with van der Waals surface area (Å²) in [7, 11) is 0. The van der Waals surface area contributed by atoms with Crippen LogP contribution in [-0.4, -0.2) is 16.1 Å². The number of carboxylic acids is 1. The van der Waals surface area contributed by atoms with Crippen LogP contribution in [0.2, 0.25) is 5.02 Å². The van der Waals surface area contributed by atoms with Crippen LogP contribution >= 0.6 is 11.6 Å². The van der Waals surface area contributed by atoms with Crippen molar-refractivity contribution in [1.82, 2.24) is 4.98 Å². The number of hydrogen-bond acceptors (Lipinski definition) is 2. The highest BCUT2D eigenvalue weighted by Crippen LogP contribution is 2.32. The molecule has 0 bridgehead atoms. The second-order valence-corrected chi connectivity index (χ2v) is 3.71. The van der Waals surface area contributed by atoms with Gasteiger partial charge in [0, 0.05) is 11.6 Å². The Morgan fingerprint density at radius 3 is 2.71 bits per heavy atom. The van der Waals surface area contributed by atoms with Crippen LogP contribution in [0.1, 0.15) is 22.3 Å². The number of halogens is 3. The summed E-state index contributed by atoms with van der Waals surface area (Å²) in [6.45, 7) is 0. The number of rotatable bonds is 2. The van der Waals surface area contributed by atoms with Crippen LogP contribution < -0.4 is 0 Å². The van der Waals surface area contributed by atoms with Crippen molar-refractivity contribution in [3.63, 3.8) is 0 Å². The molecule has 0 radical (unpaired) electrons. The summed E-state index contributed by atoms with van der Waals surface area (Å²) < 4.78 is 25.1. The molecule has 1 aromatic carbocycles. The Hall–Kier alpha value is -1.75. The van der Waals surface area contributed by atoms with E-state index in [0.29, 0.717) is 0 Å². The third-order valence-electron chi connectivity index (χ3n) is 2.32. The fraction of sp³-hybridized carbons (Fsp3) is 0.0909. The highest BCUT2D eigenvalue weighted by molar-refractivity contribution is 6.36. The molecule has 0 aliphatic heterocycles. The molecule has 0 amide bonds. The van der Waals surface area contributed by atoms with E-state index in [1.807, 2.05) is 0 Å². The molecule has 0 fully saturated rings. The Morgan fingerprint density at radius 2 is 2.12 bits per heavy atom. The van der Waals surface area contributed by atoms with Gasteiger partial charge >= 0.3 is 5.97 Å². The maximum absolute atomic E-state index is 12.6. The number of benzene rings is 1. The van der Waals surface area contributed by atoms with E-state index in [2.05, 4.69) is 4.98 Å². The standard InChI is InChI=1S/C11H6ClF2NO2/c12-8-5-2-1-3-6(11(16)17)9(5)15-4-7(8)10(13)14/h1-4,10H,(H,16,17). The van der Waals surface area contributed by atoms with E-state index < -0.39 is 18.0 Å². The zero-order valence-electron chi connectivity index (χ0n) is 8.32. The van der Waals surface area contributed by atoms with E-state index in [9.17, 15) is 13.6 Å². The molecular weight excluding hydrogens is 252 g/mol. The Kier molecular flexibility index (Phi) is 2.93. The van der Waals surface area contributed by atoms with Crippen molar-refractivity contribution in [2.45, 2.75) is 6.43 Å². The van der Waals surface area contributed by atoms with Crippen LogP contribution in [0, 0.1) is 0 Å². The maximum Gasteiger partial charge on any atom is 0.337 e. The number of aromatic carboxylic acids is 1. The number of aromatic nitrogens is 1. The minimum atomic E-state index is -2.74. The number of alkyl halides is 2. The molecule has 0 unspecified atom stereocenters. The molecule has 88 valence electrons. The first-order valence-electron chi connectivity index (χ1n) is 4.61. The molecular formula is C11H6ClF2NO2. The zero-order valence-corrected chi connectivity index (χ0v) is 9.08. The van der Waals surface area contributed by atoms with Crippen molar-refractivity contribution in [3.8, 4) is 0 Å². The largest absolute Gasteiger partial charge is 0.478 e. The van der Waals surface area contributed by atoms with Crippen molar-refractivity contribution in [2.75, 3.05) is 0 Å². The summed E-state index contributed by atoms with van der Waals surface area (Å²) in [5, 5.41) is 8.97. The molecule has 2 rings (SSSR count). The smallest absolute Gasteiger partial charge is 0.337 e. The van der Waals surface area contributed by atoms with Gasteiger partial charge in [-0.3, -0.25) is 4.98 Å². The highest BCUT2D eigenvalue weighted by atomic mass is 35.5. The number of carboxylic acid groups (broad SMARTS) is 1. The molecule has 1 N–H and O–H groups in total. The Balaban J connectivity index is 2.80. The summed E-state index contributed by atoms with van der Waals surface area (Å²) in [6, 6.07) is 4.24. The first-order chi connectivity index (χ1) is 8.02. The normalized spacial score (nSPS) is 11.1. The van der Waals surface area contributed by atoms with Gasteiger partial charge in [-0.25, -0.2) is 13.6 Å². The van der Waals surface area contributed by atoms with Crippen molar-refractivity contribution in [3.05, 3.63) is 40.5 Å². The van der Waals surface area contributed by atoms with Crippen molar-refractivity contribution in [1.29, 1.82) is 0 Å². The van der Waals surface area contributed by atoms with Gasteiger partial charge in [0.2, 0.25) is 0 Å². The van der Waals surface area contributed by atoms with Gasteiger partial charge in [-0.2, -0.15) is 0 Å².